The molecule has 0 bridgehead atoms. The summed E-state index contributed by atoms with van der Waals surface area (Å²) in [5, 5.41) is 12.3. The van der Waals surface area contributed by atoms with E-state index in [1.165, 1.54) is 5.57 Å². The van der Waals surface area contributed by atoms with Gasteiger partial charge in [0.1, 0.15) is 5.69 Å². The summed E-state index contributed by atoms with van der Waals surface area (Å²) in [6.45, 7) is 9.60. The van der Waals surface area contributed by atoms with Gasteiger partial charge < -0.3 is 5.32 Å². The maximum absolute atomic E-state index is 4.53. The van der Waals surface area contributed by atoms with E-state index in [1.807, 2.05) is 36.5 Å². The molecular formula is C17H24N4. The smallest absolute Gasteiger partial charge is 0.106 e. The lowest BCUT2D eigenvalue weighted by Crippen LogP contribution is -2.26. The Morgan fingerprint density at radius 1 is 1.19 bits per heavy atom. The van der Waals surface area contributed by atoms with Gasteiger partial charge in [-0.15, -0.1) is 5.10 Å². The van der Waals surface area contributed by atoms with Crippen molar-refractivity contribution in [3.63, 3.8) is 0 Å². The molecule has 21 heavy (non-hydrogen) atoms. The van der Waals surface area contributed by atoms with Crippen molar-refractivity contribution in [2.24, 2.45) is 5.92 Å². The number of nitrogens with one attached hydrogen (secondary N) is 1. The topological polar surface area (TPSA) is 42.7 Å². The first-order valence-electron chi connectivity index (χ1n) is 7.48. The minimum atomic E-state index is 0.479. The number of hydrogen-bond acceptors (Lipinski definition) is 3. The molecule has 1 heterocycles. The lowest BCUT2D eigenvalue weighted by Gasteiger charge is -2.14. The zero-order valence-electron chi connectivity index (χ0n) is 13.2. The molecule has 0 amide bonds. The normalized spacial score (nSPS) is 12.4. The zero-order chi connectivity index (χ0) is 15.2. The SMILES string of the molecule is CC(C)NCC(=Cc1cnn(-c2ccccc2)n1)C(C)C. The van der Waals surface area contributed by atoms with E-state index in [0.717, 1.165) is 17.9 Å². The molecule has 0 saturated carbocycles. The number of hydrogen-bond donors (Lipinski definition) is 1. The van der Waals surface area contributed by atoms with Crippen LogP contribution >= 0.6 is 0 Å². The zero-order valence-corrected chi connectivity index (χ0v) is 13.2. The number of para-hydroxylation sites is 1. The van der Waals surface area contributed by atoms with Crippen molar-refractivity contribution >= 4 is 6.08 Å². The minimum absolute atomic E-state index is 0.479. The van der Waals surface area contributed by atoms with Gasteiger partial charge in [0.15, 0.2) is 0 Å². The van der Waals surface area contributed by atoms with Gasteiger partial charge in [-0.1, -0.05) is 51.5 Å². The Labute approximate surface area is 126 Å². The molecule has 0 aliphatic rings. The van der Waals surface area contributed by atoms with Gasteiger partial charge in [-0.3, -0.25) is 0 Å². The molecule has 2 aromatic rings. The van der Waals surface area contributed by atoms with Crippen molar-refractivity contribution in [2.75, 3.05) is 6.54 Å². The van der Waals surface area contributed by atoms with Crippen molar-refractivity contribution in [1.29, 1.82) is 0 Å². The second kappa shape index (κ2) is 7.18. The molecule has 0 radical (unpaired) electrons. The molecule has 0 aliphatic heterocycles. The van der Waals surface area contributed by atoms with E-state index in [-0.39, 0.29) is 0 Å². The van der Waals surface area contributed by atoms with Gasteiger partial charge >= 0.3 is 0 Å². The highest BCUT2D eigenvalue weighted by atomic mass is 15.5. The predicted octanol–water partition coefficient (Wildman–Crippen LogP) is 3.30. The third-order valence-electron chi connectivity index (χ3n) is 3.29. The van der Waals surface area contributed by atoms with E-state index < -0.39 is 0 Å². The van der Waals surface area contributed by atoms with Crippen molar-refractivity contribution in [3.8, 4) is 5.69 Å². The molecule has 0 fully saturated rings. The van der Waals surface area contributed by atoms with Gasteiger partial charge in [0, 0.05) is 12.6 Å². The van der Waals surface area contributed by atoms with Crippen molar-refractivity contribution in [1.82, 2.24) is 20.3 Å². The third-order valence-corrected chi connectivity index (χ3v) is 3.29. The molecule has 1 N–H and O–H groups in total. The average Bonchev–Trinajstić information content (AvgIpc) is 2.92. The van der Waals surface area contributed by atoms with Crippen LogP contribution < -0.4 is 5.32 Å². The van der Waals surface area contributed by atoms with E-state index in [1.54, 1.807) is 4.80 Å². The Bertz CT molecular complexity index is 582. The minimum Gasteiger partial charge on any atom is -0.311 e. The summed E-state index contributed by atoms with van der Waals surface area (Å²) in [7, 11) is 0. The Morgan fingerprint density at radius 3 is 2.52 bits per heavy atom. The van der Waals surface area contributed by atoms with Crippen LogP contribution in [0.3, 0.4) is 0 Å². The maximum Gasteiger partial charge on any atom is 0.106 e. The highest BCUT2D eigenvalue weighted by molar-refractivity contribution is 5.49. The highest BCUT2D eigenvalue weighted by Crippen LogP contribution is 2.13. The molecule has 4 nitrogen and oxygen atoms in total. The summed E-state index contributed by atoms with van der Waals surface area (Å²) in [6, 6.07) is 10.4. The van der Waals surface area contributed by atoms with Crippen molar-refractivity contribution in [2.45, 2.75) is 33.7 Å². The van der Waals surface area contributed by atoms with E-state index in [4.69, 9.17) is 0 Å². The fraction of sp³-hybridized carbons (Fsp3) is 0.412. The van der Waals surface area contributed by atoms with Crippen LogP contribution in [0.15, 0.2) is 42.1 Å². The lowest BCUT2D eigenvalue weighted by molar-refractivity contribution is 0.592. The van der Waals surface area contributed by atoms with Crippen LogP contribution in [0, 0.1) is 5.92 Å². The van der Waals surface area contributed by atoms with Crippen LogP contribution in [-0.4, -0.2) is 27.6 Å². The standard InChI is InChI=1S/C17H24N4/c1-13(2)15(11-18-14(3)4)10-16-12-19-21(20-16)17-8-6-5-7-9-17/h5-10,12-14,18H,11H2,1-4H3. The lowest BCUT2D eigenvalue weighted by atomic mass is 10.0. The van der Waals surface area contributed by atoms with Gasteiger partial charge in [-0.2, -0.15) is 9.90 Å². The molecule has 0 spiro atoms. The monoisotopic (exact) mass is 284 g/mol. The second-order valence-electron chi connectivity index (χ2n) is 5.80. The first kappa shape index (κ1) is 15.4. The van der Waals surface area contributed by atoms with Crippen LogP contribution in [0.25, 0.3) is 11.8 Å². The molecule has 112 valence electrons. The number of nitrogens with zero attached hydrogens (tertiary/aromatic N) is 3. The van der Waals surface area contributed by atoms with Crippen LogP contribution in [0.2, 0.25) is 0 Å². The molecule has 0 atom stereocenters. The molecule has 2 rings (SSSR count). The quantitative estimate of drug-likeness (QED) is 0.885. The van der Waals surface area contributed by atoms with Crippen LogP contribution in [0.5, 0.6) is 0 Å². The molecule has 0 unspecified atom stereocenters. The summed E-state index contributed by atoms with van der Waals surface area (Å²) in [5.74, 6) is 0.484. The molecular weight excluding hydrogens is 260 g/mol. The van der Waals surface area contributed by atoms with Crippen LogP contribution in [0.1, 0.15) is 33.4 Å². The molecule has 0 aliphatic carbocycles. The van der Waals surface area contributed by atoms with Gasteiger partial charge in [0.25, 0.3) is 0 Å². The second-order valence-corrected chi connectivity index (χ2v) is 5.80. The van der Waals surface area contributed by atoms with E-state index in [9.17, 15) is 0 Å². The Hall–Kier alpha value is -1.94. The molecule has 1 aromatic carbocycles. The fourth-order valence-corrected chi connectivity index (χ4v) is 1.96. The van der Waals surface area contributed by atoms with Gasteiger partial charge in [-0.05, 0) is 24.1 Å². The summed E-state index contributed by atoms with van der Waals surface area (Å²) in [5.41, 5.74) is 3.21. The van der Waals surface area contributed by atoms with Gasteiger partial charge in [0.05, 0.1) is 11.9 Å². The summed E-state index contributed by atoms with van der Waals surface area (Å²) in [4.78, 5) is 1.67. The van der Waals surface area contributed by atoms with Crippen LogP contribution in [-0.2, 0) is 0 Å². The first-order valence-corrected chi connectivity index (χ1v) is 7.48. The van der Waals surface area contributed by atoms with Gasteiger partial charge in [0.2, 0.25) is 0 Å². The summed E-state index contributed by atoms with van der Waals surface area (Å²) < 4.78 is 0. The maximum atomic E-state index is 4.53. The highest BCUT2D eigenvalue weighted by Gasteiger charge is 2.07. The molecule has 0 saturated heterocycles. The van der Waals surface area contributed by atoms with Crippen LogP contribution in [0.4, 0.5) is 0 Å². The largest absolute Gasteiger partial charge is 0.311 e. The van der Waals surface area contributed by atoms with Gasteiger partial charge in [-0.25, -0.2) is 0 Å². The van der Waals surface area contributed by atoms with E-state index >= 15 is 0 Å². The Kier molecular flexibility index (Phi) is 5.28. The first-order chi connectivity index (χ1) is 10.1. The van der Waals surface area contributed by atoms with E-state index in [2.05, 4.69) is 49.3 Å². The fourth-order valence-electron chi connectivity index (χ4n) is 1.96. The molecule has 4 heteroatoms. The molecule has 1 aromatic heterocycles. The number of aromatic nitrogens is 3. The number of benzene rings is 1. The Balaban J connectivity index is 2.17. The number of rotatable bonds is 6. The van der Waals surface area contributed by atoms with Crippen molar-refractivity contribution < 1.29 is 0 Å². The van der Waals surface area contributed by atoms with E-state index in [0.29, 0.717) is 12.0 Å². The Morgan fingerprint density at radius 2 is 1.90 bits per heavy atom. The average molecular weight is 284 g/mol. The van der Waals surface area contributed by atoms with Crippen molar-refractivity contribution in [3.05, 3.63) is 47.8 Å². The summed E-state index contributed by atoms with van der Waals surface area (Å²) in [6.07, 6.45) is 3.94. The predicted molar refractivity (Wildman–Crippen MR) is 87.3 cm³/mol. The third kappa shape index (κ3) is 4.53. The summed E-state index contributed by atoms with van der Waals surface area (Å²) >= 11 is 0.